The normalized spacial score (nSPS) is 4.36. The molecule has 0 aliphatic carbocycles. The van der Waals surface area contributed by atoms with E-state index in [-0.39, 0.29) is 26.2 Å². The molecule has 0 spiro atoms. The van der Waals surface area contributed by atoms with Crippen LogP contribution in [0.3, 0.4) is 0 Å². The third-order valence-electron chi connectivity index (χ3n) is 0.158. The molecule has 0 saturated heterocycles. The third kappa shape index (κ3) is 207. The zero-order chi connectivity index (χ0) is 9.41. The van der Waals surface area contributed by atoms with Crippen LogP contribution in [0.15, 0.2) is 0 Å². The zero-order valence-electron chi connectivity index (χ0n) is 7.41. The van der Waals surface area contributed by atoms with E-state index in [1.807, 2.05) is 0 Å². The Morgan fingerprint density at radius 2 is 1.09 bits per heavy atom. The molecular formula is C6H19O3SZr-. The summed E-state index contributed by atoms with van der Waals surface area (Å²) >= 11 is 3.86. The summed E-state index contributed by atoms with van der Waals surface area (Å²) in [6, 6.07) is 0. The quantitative estimate of drug-likeness (QED) is 0.396. The molecule has 0 heterocycles. The SMILES string of the molecule is CO.CO.CO.[CH2-]CCS.[Zr]. The van der Waals surface area contributed by atoms with E-state index in [0.29, 0.717) is 0 Å². The number of aliphatic hydroxyl groups excluding tert-OH is 3. The topological polar surface area (TPSA) is 60.7 Å². The van der Waals surface area contributed by atoms with Gasteiger partial charge in [0.15, 0.2) is 0 Å². The molecule has 0 radical (unpaired) electrons. The van der Waals surface area contributed by atoms with Gasteiger partial charge in [0.25, 0.3) is 0 Å². The predicted molar refractivity (Wildman–Crippen MR) is 48.3 cm³/mol. The first kappa shape index (κ1) is 29.6. The first-order chi connectivity index (χ1) is 4.91. The summed E-state index contributed by atoms with van der Waals surface area (Å²) in [6.07, 6.45) is 0.934. The van der Waals surface area contributed by atoms with Crippen LogP contribution in [-0.2, 0) is 26.2 Å². The molecule has 0 bridgehead atoms. The van der Waals surface area contributed by atoms with Gasteiger partial charge < -0.3 is 22.2 Å². The minimum absolute atomic E-state index is 0. The summed E-state index contributed by atoms with van der Waals surface area (Å²) in [5.74, 6) is 0.903. The molecule has 3 nitrogen and oxygen atoms in total. The summed E-state index contributed by atoms with van der Waals surface area (Å²) in [5.41, 5.74) is 0. The van der Waals surface area contributed by atoms with Gasteiger partial charge in [-0.2, -0.15) is 19.0 Å². The van der Waals surface area contributed by atoms with Gasteiger partial charge in [-0.15, -0.1) is 0 Å². The molecule has 0 aromatic rings. The van der Waals surface area contributed by atoms with Gasteiger partial charge in [0.05, 0.1) is 0 Å². The molecule has 0 rings (SSSR count). The fourth-order valence-electron chi connectivity index (χ4n) is 0. The molecular weight excluding hydrogens is 243 g/mol. The van der Waals surface area contributed by atoms with Crippen molar-refractivity contribution in [1.82, 2.24) is 0 Å². The summed E-state index contributed by atoms with van der Waals surface area (Å²) in [7, 11) is 3.00. The Balaban J connectivity index is -0.0000000152. The van der Waals surface area contributed by atoms with Gasteiger partial charge in [0.1, 0.15) is 0 Å². The molecule has 0 aromatic carbocycles. The summed E-state index contributed by atoms with van der Waals surface area (Å²) in [4.78, 5) is 0. The Morgan fingerprint density at radius 1 is 1.00 bits per heavy atom. The minimum atomic E-state index is 0. The number of hydrogen-bond donors (Lipinski definition) is 4. The molecule has 0 aliphatic rings. The van der Waals surface area contributed by atoms with E-state index >= 15 is 0 Å². The fraction of sp³-hybridized carbons (Fsp3) is 0.833. The minimum Gasteiger partial charge on any atom is -0.400 e. The van der Waals surface area contributed by atoms with E-state index in [2.05, 4.69) is 19.6 Å². The average molecular weight is 263 g/mol. The van der Waals surface area contributed by atoms with Crippen molar-refractivity contribution < 1.29 is 41.5 Å². The van der Waals surface area contributed by atoms with Crippen LogP contribution in [0, 0.1) is 6.92 Å². The largest absolute Gasteiger partial charge is 0.400 e. The number of rotatable bonds is 1. The van der Waals surface area contributed by atoms with E-state index < -0.39 is 0 Å². The van der Waals surface area contributed by atoms with Crippen molar-refractivity contribution in [2.45, 2.75) is 6.42 Å². The van der Waals surface area contributed by atoms with Gasteiger partial charge in [-0.3, -0.25) is 0 Å². The number of aliphatic hydroxyl groups is 3. The van der Waals surface area contributed by atoms with Gasteiger partial charge in [-0.25, -0.2) is 0 Å². The maximum Gasteiger partial charge on any atom is 0.0319 e. The Kier molecular flexibility index (Phi) is 315. The van der Waals surface area contributed by atoms with Gasteiger partial charge >= 0.3 is 0 Å². The molecule has 0 saturated carbocycles. The smallest absolute Gasteiger partial charge is 0.0319 e. The van der Waals surface area contributed by atoms with Gasteiger partial charge in [-0.1, -0.05) is 0 Å². The molecule has 11 heavy (non-hydrogen) atoms. The van der Waals surface area contributed by atoms with Gasteiger partial charge in [0, 0.05) is 47.5 Å². The van der Waals surface area contributed by atoms with Crippen LogP contribution in [0.4, 0.5) is 0 Å². The Labute approximate surface area is 94.4 Å². The van der Waals surface area contributed by atoms with Crippen LogP contribution in [0.5, 0.6) is 0 Å². The Hall–Kier alpha value is 1.11. The molecule has 0 atom stereocenters. The van der Waals surface area contributed by atoms with E-state index in [1.54, 1.807) is 0 Å². The van der Waals surface area contributed by atoms with Crippen molar-refractivity contribution in [2.75, 3.05) is 27.1 Å². The van der Waals surface area contributed by atoms with E-state index in [1.165, 1.54) is 0 Å². The van der Waals surface area contributed by atoms with Crippen LogP contribution in [0.1, 0.15) is 6.42 Å². The van der Waals surface area contributed by atoms with Crippen molar-refractivity contribution in [1.29, 1.82) is 0 Å². The number of thiol groups is 1. The molecule has 5 heteroatoms. The third-order valence-corrected chi connectivity index (χ3v) is 0.474. The maximum atomic E-state index is 7.00. The van der Waals surface area contributed by atoms with Crippen LogP contribution in [0.25, 0.3) is 0 Å². The summed E-state index contributed by atoms with van der Waals surface area (Å²) < 4.78 is 0. The van der Waals surface area contributed by atoms with Crippen molar-refractivity contribution in [3.8, 4) is 0 Å². The van der Waals surface area contributed by atoms with Crippen molar-refractivity contribution >= 4 is 12.6 Å². The first-order valence-corrected chi connectivity index (χ1v) is 3.29. The van der Waals surface area contributed by atoms with Crippen molar-refractivity contribution in [3.63, 3.8) is 0 Å². The predicted octanol–water partition coefficient (Wildman–Crippen LogP) is -0.0366. The van der Waals surface area contributed by atoms with Crippen LogP contribution in [0.2, 0.25) is 0 Å². The summed E-state index contributed by atoms with van der Waals surface area (Å²) in [6.45, 7) is 3.53. The van der Waals surface area contributed by atoms with Gasteiger partial charge in [0.2, 0.25) is 0 Å². The molecule has 0 amide bonds. The van der Waals surface area contributed by atoms with Crippen molar-refractivity contribution in [3.05, 3.63) is 6.92 Å². The monoisotopic (exact) mass is 261 g/mol. The first-order valence-electron chi connectivity index (χ1n) is 2.66. The second-order valence-corrected chi connectivity index (χ2v) is 1.02. The Bertz CT molecular complexity index is 19.8. The fourth-order valence-corrected chi connectivity index (χ4v) is 0. The Morgan fingerprint density at radius 3 is 1.09 bits per heavy atom. The maximum absolute atomic E-state index is 7.00. The van der Waals surface area contributed by atoms with E-state index in [4.69, 9.17) is 15.3 Å². The number of hydrogen-bond acceptors (Lipinski definition) is 4. The molecule has 0 unspecified atom stereocenters. The van der Waals surface area contributed by atoms with Crippen LogP contribution in [-0.4, -0.2) is 42.4 Å². The molecule has 0 aromatic heterocycles. The molecule has 0 aliphatic heterocycles. The standard InChI is InChI=1S/C3H7S.3CH4O.Zr/c1-2-3-4;3*1-2;/h4H,1-3H2;3*2H,1H3;/q-1;;;;. The second-order valence-electron chi connectivity index (χ2n) is 0.577. The van der Waals surface area contributed by atoms with Crippen LogP contribution >= 0.6 is 12.6 Å². The molecule has 0 fully saturated rings. The summed E-state index contributed by atoms with van der Waals surface area (Å²) in [5, 5.41) is 21.0. The average Bonchev–Trinajstić information content (AvgIpc) is 2.14. The molecule has 72 valence electrons. The zero-order valence-corrected chi connectivity index (χ0v) is 10.8. The molecule has 3 N–H and O–H groups in total. The van der Waals surface area contributed by atoms with E-state index in [0.717, 1.165) is 33.5 Å². The van der Waals surface area contributed by atoms with Crippen molar-refractivity contribution in [2.24, 2.45) is 0 Å². The van der Waals surface area contributed by atoms with Crippen LogP contribution < -0.4 is 0 Å². The van der Waals surface area contributed by atoms with E-state index in [9.17, 15) is 0 Å². The second kappa shape index (κ2) is 117. The van der Waals surface area contributed by atoms with Gasteiger partial charge in [-0.05, 0) is 5.75 Å².